The molecule has 0 aliphatic carbocycles. The van der Waals surface area contributed by atoms with Crippen LogP contribution in [0.2, 0.25) is 0 Å². The molecule has 1 rings (SSSR count). The zero-order valence-electron chi connectivity index (χ0n) is 18.7. The molecule has 7 nitrogen and oxygen atoms in total. The Labute approximate surface area is 193 Å². The Bertz CT molecular complexity index is 507. The van der Waals surface area contributed by atoms with E-state index in [-0.39, 0.29) is 35.9 Å². The predicted octanol–water partition coefficient (Wildman–Crippen LogP) is 3.46. The fraction of sp³-hybridized carbons (Fsp3) is 0.857. The summed E-state index contributed by atoms with van der Waals surface area (Å²) in [5.74, 6) is 1.01. The van der Waals surface area contributed by atoms with Gasteiger partial charge in [-0.15, -0.1) is 24.0 Å². The van der Waals surface area contributed by atoms with Crippen LogP contribution >= 0.6 is 24.0 Å². The summed E-state index contributed by atoms with van der Waals surface area (Å²) in [4.78, 5) is 29.8. The van der Waals surface area contributed by atoms with Gasteiger partial charge in [0.2, 0.25) is 5.91 Å². The number of nitrogens with zero attached hydrogens (tertiary/aromatic N) is 2. The van der Waals surface area contributed by atoms with Crippen molar-refractivity contribution in [1.82, 2.24) is 15.5 Å². The number of amides is 1. The first-order chi connectivity index (χ1) is 13.3. The van der Waals surface area contributed by atoms with E-state index in [1.165, 1.54) is 0 Å². The average Bonchev–Trinajstić information content (AvgIpc) is 3.01. The van der Waals surface area contributed by atoms with Gasteiger partial charge in [0.05, 0.1) is 0 Å². The maximum absolute atomic E-state index is 11.7. The van der Waals surface area contributed by atoms with E-state index in [4.69, 9.17) is 4.74 Å². The molecule has 1 fully saturated rings. The molecule has 1 aliphatic rings. The highest BCUT2D eigenvalue weighted by Gasteiger charge is 2.19. The summed E-state index contributed by atoms with van der Waals surface area (Å²) in [6.45, 7) is 11.8. The van der Waals surface area contributed by atoms with E-state index < -0.39 is 5.60 Å². The fourth-order valence-corrected chi connectivity index (χ4v) is 3.08. The molecule has 1 aliphatic heterocycles. The normalized spacial score (nSPS) is 14.6. The SMILES string of the molecule is CCNC(=NCCCN1CCCC1=O)NCCCCCCC(=O)OC(C)(C)C.I. The molecule has 0 saturated carbocycles. The predicted molar refractivity (Wildman–Crippen MR) is 129 cm³/mol. The third-order valence-electron chi connectivity index (χ3n) is 4.39. The van der Waals surface area contributed by atoms with E-state index in [0.717, 1.165) is 77.2 Å². The lowest BCUT2D eigenvalue weighted by molar-refractivity contribution is -0.154. The van der Waals surface area contributed by atoms with E-state index in [2.05, 4.69) is 22.5 Å². The number of carbonyl (C=O) groups is 2. The summed E-state index contributed by atoms with van der Waals surface area (Å²) in [7, 11) is 0. The van der Waals surface area contributed by atoms with Crippen LogP contribution in [0.4, 0.5) is 0 Å². The maximum atomic E-state index is 11.7. The molecule has 0 bridgehead atoms. The second-order valence-corrected chi connectivity index (χ2v) is 8.28. The van der Waals surface area contributed by atoms with Gasteiger partial charge < -0.3 is 20.3 Å². The Morgan fingerprint density at radius 2 is 1.86 bits per heavy atom. The Kier molecular flexibility index (Phi) is 15.2. The number of esters is 1. The van der Waals surface area contributed by atoms with Gasteiger partial charge in [-0.25, -0.2) is 0 Å². The molecular formula is C21H41IN4O3. The molecule has 0 aromatic rings. The Morgan fingerprint density at radius 3 is 2.48 bits per heavy atom. The number of ether oxygens (including phenoxy) is 1. The van der Waals surface area contributed by atoms with Crippen LogP contribution in [0.3, 0.4) is 0 Å². The molecular weight excluding hydrogens is 483 g/mol. The minimum Gasteiger partial charge on any atom is -0.460 e. The van der Waals surface area contributed by atoms with Crippen molar-refractivity contribution in [3.8, 4) is 0 Å². The van der Waals surface area contributed by atoms with E-state index in [9.17, 15) is 9.59 Å². The van der Waals surface area contributed by atoms with Gasteiger partial charge in [0.1, 0.15) is 5.60 Å². The van der Waals surface area contributed by atoms with Gasteiger partial charge in [-0.2, -0.15) is 0 Å². The van der Waals surface area contributed by atoms with Gasteiger partial charge in [0.25, 0.3) is 0 Å². The van der Waals surface area contributed by atoms with Gasteiger partial charge in [-0.05, 0) is 53.4 Å². The van der Waals surface area contributed by atoms with Crippen molar-refractivity contribution in [2.24, 2.45) is 4.99 Å². The number of guanidine groups is 1. The Hall–Kier alpha value is -1.06. The van der Waals surface area contributed by atoms with E-state index in [1.807, 2.05) is 25.7 Å². The number of nitrogens with one attached hydrogen (secondary N) is 2. The van der Waals surface area contributed by atoms with Crippen LogP contribution in [0, 0.1) is 0 Å². The first-order valence-corrected chi connectivity index (χ1v) is 10.8. The molecule has 0 spiro atoms. The van der Waals surface area contributed by atoms with Gasteiger partial charge in [-0.3, -0.25) is 14.6 Å². The standard InChI is InChI=1S/C21H40N4O3.HI/c1-5-22-20(24-15-11-17-25-16-10-12-18(25)26)23-14-9-7-6-8-13-19(27)28-21(2,3)4;/h5-17H2,1-4H3,(H2,22,23,24);1H. The monoisotopic (exact) mass is 524 g/mol. The zero-order chi connectivity index (χ0) is 20.8. The molecule has 0 aromatic heterocycles. The Morgan fingerprint density at radius 1 is 1.14 bits per heavy atom. The molecule has 8 heteroatoms. The van der Waals surface area contributed by atoms with Crippen LogP contribution in [0.5, 0.6) is 0 Å². The van der Waals surface area contributed by atoms with E-state index >= 15 is 0 Å². The number of aliphatic imine (C=N–C) groups is 1. The van der Waals surface area contributed by atoms with Crippen molar-refractivity contribution in [2.45, 2.75) is 84.7 Å². The van der Waals surface area contributed by atoms with Crippen LogP contribution in [0.1, 0.15) is 79.1 Å². The number of hydrogen-bond donors (Lipinski definition) is 2. The fourth-order valence-electron chi connectivity index (χ4n) is 3.08. The lowest BCUT2D eigenvalue weighted by Gasteiger charge is -2.19. The first kappa shape index (κ1) is 27.9. The van der Waals surface area contributed by atoms with E-state index in [0.29, 0.717) is 12.8 Å². The van der Waals surface area contributed by atoms with E-state index in [1.54, 1.807) is 0 Å². The molecule has 0 atom stereocenters. The third kappa shape index (κ3) is 14.5. The largest absolute Gasteiger partial charge is 0.460 e. The molecule has 1 heterocycles. The number of rotatable bonds is 12. The van der Waals surface area contributed by atoms with Crippen molar-refractivity contribution in [2.75, 3.05) is 32.7 Å². The van der Waals surface area contributed by atoms with Crippen LogP contribution in [0.25, 0.3) is 0 Å². The second-order valence-electron chi connectivity index (χ2n) is 8.28. The highest BCUT2D eigenvalue weighted by atomic mass is 127. The van der Waals surface area contributed by atoms with Gasteiger partial charge >= 0.3 is 5.97 Å². The molecule has 2 N–H and O–H groups in total. The van der Waals surface area contributed by atoms with Crippen LogP contribution in [-0.4, -0.2) is 61.1 Å². The quantitative estimate of drug-likeness (QED) is 0.134. The lowest BCUT2D eigenvalue weighted by Crippen LogP contribution is -2.38. The minimum absolute atomic E-state index is 0. The molecule has 170 valence electrons. The topological polar surface area (TPSA) is 83.0 Å². The molecule has 1 amide bonds. The summed E-state index contributed by atoms with van der Waals surface area (Å²) >= 11 is 0. The van der Waals surface area contributed by atoms with Crippen molar-refractivity contribution in [1.29, 1.82) is 0 Å². The second kappa shape index (κ2) is 15.7. The summed E-state index contributed by atoms with van der Waals surface area (Å²) in [6.07, 6.45) is 7.10. The van der Waals surface area contributed by atoms with Crippen molar-refractivity contribution in [3.05, 3.63) is 0 Å². The number of halogens is 1. The number of carbonyl (C=O) groups excluding carboxylic acids is 2. The van der Waals surface area contributed by atoms with Gasteiger partial charge in [0.15, 0.2) is 5.96 Å². The lowest BCUT2D eigenvalue weighted by atomic mass is 10.1. The average molecular weight is 524 g/mol. The third-order valence-corrected chi connectivity index (χ3v) is 4.39. The smallest absolute Gasteiger partial charge is 0.306 e. The van der Waals surface area contributed by atoms with Gasteiger partial charge in [0, 0.05) is 45.6 Å². The number of unbranched alkanes of at least 4 members (excludes halogenated alkanes) is 3. The number of likely N-dealkylation sites (tertiary alicyclic amines) is 1. The Balaban J connectivity index is 0.00000784. The van der Waals surface area contributed by atoms with Crippen molar-refractivity contribution in [3.63, 3.8) is 0 Å². The minimum atomic E-state index is -0.396. The molecule has 1 saturated heterocycles. The van der Waals surface area contributed by atoms with Crippen molar-refractivity contribution < 1.29 is 14.3 Å². The van der Waals surface area contributed by atoms with Crippen LogP contribution in [-0.2, 0) is 14.3 Å². The summed E-state index contributed by atoms with van der Waals surface area (Å²) in [6, 6.07) is 0. The maximum Gasteiger partial charge on any atom is 0.306 e. The molecule has 0 aromatic carbocycles. The highest BCUT2D eigenvalue weighted by Crippen LogP contribution is 2.11. The molecule has 0 radical (unpaired) electrons. The number of hydrogen-bond acceptors (Lipinski definition) is 4. The summed E-state index contributed by atoms with van der Waals surface area (Å²) < 4.78 is 5.31. The zero-order valence-corrected chi connectivity index (χ0v) is 21.1. The first-order valence-electron chi connectivity index (χ1n) is 10.8. The molecule has 29 heavy (non-hydrogen) atoms. The summed E-state index contributed by atoms with van der Waals surface area (Å²) in [5, 5.41) is 6.61. The van der Waals surface area contributed by atoms with Crippen LogP contribution < -0.4 is 10.6 Å². The van der Waals surface area contributed by atoms with Gasteiger partial charge in [-0.1, -0.05) is 12.8 Å². The highest BCUT2D eigenvalue weighted by molar-refractivity contribution is 14.0. The van der Waals surface area contributed by atoms with Crippen LogP contribution in [0.15, 0.2) is 4.99 Å². The molecule has 0 unspecified atom stereocenters. The summed E-state index contributed by atoms with van der Waals surface area (Å²) in [5.41, 5.74) is -0.396. The van der Waals surface area contributed by atoms with Crippen molar-refractivity contribution >= 4 is 41.8 Å².